The minimum absolute atomic E-state index is 0.0138. The Morgan fingerprint density at radius 3 is 2.64 bits per heavy atom. The van der Waals surface area contributed by atoms with Crippen molar-refractivity contribution in [1.82, 2.24) is 4.57 Å². The molecule has 3 rings (SSSR count). The van der Waals surface area contributed by atoms with Crippen LogP contribution in [0.4, 0.5) is 0 Å². The third kappa shape index (κ3) is 3.88. The number of thiazole rings is 1. The SMILES string of the molecule is CCOC(=O)Cn1c(=NC(=O)c2ccccc2Br)sc2ccccc21. The standard InChI is InChI=1S/C18H15BrN2O3S/c1-2-24-16(22)11-21-14-9-5-6-10-15(14)25-18(21)20-17(23)12-7-3-4-8-13(12)19/h3-10H,2,11H2,1H3. The number of hydrogen-bond donors (Lipinski definition) is 0. The van der Waals surface area contributed by atoms with E-state index in [2.05, 4.69) is 20.9 Å². The molecule has 0 N–H and O–H groups in total. The second-order valence-electron chi connectivity index (χ2n) is 5.14. The molecular weight excluding hydrogens is 404 g/mol. The summed E-state index contributed by atoms with van der Waals surface area (Å²) in [5.74, 6) is -0.725. The van der Waals surface area contributed by atoms with Crippen molar-refractivity contribution in [3.8, 4) is 0 Å². The molecule has 0 atom stereocenters. The van der Waals surface area contributed by atoms with E-state index in [1.54, 1.807) is 29.7 Å². The first-order valence-corrected chi connectivity index (χ1v) is 9.28. The number of rotatable bonds is 4. The van der Waals surface area contributed by atoms with E-state index in [-0.39, 0.29) is 18.4 Å². The van der Waals surface area contributed by atoms with Gasteiger partial charge in [0.15, 0.2) is 4.80 Å². The molecule has 0 unspecified atom stereocenters. The van der Waals surface area contributed by atoms with E-state index in [0.717, 1.165) is 10.2 Å². The Bertz CT molecular complexity index is 1010. The molecule has 25 heavy (non-hydrogen) atoms. The quantitative estimate of drug-likeness (QED) is 0.605. The number of fused-ring (bicyclic) bond motifs is 1. The van der Waals surface area contributed by atoms with Crippen molar-refractivity contribution in [2.75, 3.05) is 6.61 Å². The number of amides is 1. The minimum Gasteiger partial charge on any atom is -0.465 e. The molecule has 128 valence electrons. The van der Waals surface area contributed by atoms with Crippen LogP contribution in [0.3, 0.4) is 0 Å². The monoisotopic (exact) mass is 418 g/mol. The molecule has 0 fully saturated rings. The molecular formula is C18H15BrN2O3S. The third-order valence-electron chi connectivity index (χ3n) is 3.48. The van der Waals surface area contributed by atoms with Gasteiger partial charge < -0.3 is 9.30 Å². The average Bonchev–Trinajstić information content (AvgIpc) is 2.93. The Kier molecular flexibility index (Phi) is 5.45. The van der Waals surface area contributed by atoms with Crippen molar-refractivity contribution in [2.24, 2.45) is 4.99 Å². The largest absolute Gasteiger partial charge is 0.465 e. The zero-order chi connectivity index (χ0) is 17.8. The van der Waals surface area contributed by atoms with Gasteiger partial charge in [0.25, 0.3) is 5.91 Å². The van der Waals surface area contributed by atoms with Gasteiger partial charge in [-0.15, -0.1) is 0 Å². The van der Waals surface area contributed by atoms with Gasteiger partial charge in [-0.25, -0.2) is 0 Å². The Morgan fingerprint density at radius 2 is 1.88 bits per heavy atom. The molecule has 1 heterocycles. The number of benzene rings is 2. The van der Waals surface area contributed by atoms with Gasteiger partial charge in [-0.05, 0) is 47.1 Å². The van der Waals surface area contributed by atoms with Crippen LogP contribution in [0.25, 0.3) is 10.2 Å². The predicted molar refractivity (Wildman–Crippen MR) is 100 cm³/mol. The van der Waals surface area contributed by atoms with Gasteiger partial charge in [0.1, 0.15) is 6.54 Å². The van der Waals surface area contributed by atoms with Crippen LogP contribution >= 0.6 is 27.3 Å². The number of aromatic nitrogens is 1. The van der Waals surface area contributed by atoms with Crippen molar-refractivity contribution in [3.63, 3.8) is 0 Å². The lowest BCUT2D eigenvalue weighted by atomic mass is 10.2. The van der Waals surface area contributed by atoms with Gasteiger partial charge in [-0.3, -0.25) is 9.59 Å². The fourth-order valence-electron chi connectivity index (χ4n) is 2.38. The summed E-state index contributed by atoms with van der Waals surface area (Å²) in [7, 11) is 0. The summed E-state index contributed by atoms with van der Waals surface area (Å²) in [5, 5.41) is 0. The second kappa shape index (κ2) is 7.76. The van der Waals surface area contributed by atoms with E-state index in [1.165, 1.54) is 11.3 Å². The first kappa shape index (κ1) is 17.6. The number of ether oxygens (including phenoxy) is 1. The number of esters is 1. The first-order chi connectivity index (χ1) is 12.1. The lowest BCUT2D eigenvalue weighted by Gasteiger charge is -2.05. The van der Waals surface area contributed by atoms with Crippen LogP contribution in [0.1, 0.15) is 17.3 Å². The molecule has 0 radical (unpaired) electrons. The van der Waals surface area contributed by atoms with Crippen LogP contribution in [-0.4, -0.2) is 23.1 Å². The minimum atomic E-state index is -0.364. The fraction of sp³-hybridized carbons (Fsp3) is 0.167. The fourth-order valence-corrected chi connectivity index (χ4v) is 3.86. The second-order valence-corrected chi connectivity index (χ2v) is 7.00. The maximum atomic E-state index is 12.6. The molecule has 2 aromatic carbocycles. The molecule has 0 saturated heterocycles. The molecule has 1 aromatic heterocycles. The summed E-state index contributed by atoms with van der Waals surface area (Å²) in [6.45, 7) is 2.08. The molecule has 0 aliphatic rings. The number of para-hydroxylation sites is 1. The van der Waals surface area contributed by atoms with Gasteiger partial charge in [0.2, 0.25) is 0 Å². The van der Waals surface area contributed by atoms with Gasteiger partial charge in [-0.1, -0.05) is 35.6 Å². The zero-order valence-corrected chi connectivity index (χ0v) is 15.8. The van der Waals surface area contributed by atoms with Gasteiger partial charge in [0.05, 0.1) is 22.4 Å². The molecule has 1 amide bonds. The van der Waals surface area contributed by atoms with Crippen molar-refractivity contribution in [2.45, 2.75) is 13.5 Å². The summed E-state index contributed by atoms with van der Waals surface area (Å²) in [6, 6.07) is 14.7. The van der Waals surface area contributed by atoms with Crippen molar-refractivity contribution >= 4 is 49.4 Å². The van der Waals surface area contributed by atoms with Crippen molar-refractivity contribution in [1.29, 1.82) is 0 Å². The summed E-state index contributed by atoms with van der Waals surface area (Å²) in [6.07, 6.45) is 0. The van der Waals surface area contributed by atoms with Crippen molar-refractivity contribution in [3.05, 3.63) is 63.4 Å². The Balaban J connectivity index is 2.10. The number of nitrogens with zero attached hydrogens (tertiary/aromatic N) is 2. The van der Waals surface area contributed by atoms with E-state index < -0.39 is 0 Å². The van der Waals surface area contributed by atoms with Crippen LogP contribution in [-0.2, 0) is 16.1 Å². The van der Waals surface area contributed by atoms with E-state index in [4.69, 9.17) is 4.74 Å². The third-order valence-corrected chi connectivity index (χ3v) is 5.23. The highest BCUT2D eigenvalue weighted by molar-refractivity contribution is 9.10. The van der Waals surface area contributed by atoms with Crippen LogP contribution in [0.5, 0.6) is 0 Å². The Labute approximate surface area is 156 Å². The van der Waals surface area contributed by atoms with Crippen LogP contribution in [0, 0.1) is 0 Å². The molecule has 0 spiro atoms. The summed E-state index contributed by atoms with van der Waals surface area (Å²) >= 11 is 4.73. The van der Waals surface area contributed by atoms with E-state index in [0.29, 0.717) is 21.4 Å². The van der Waals surface area contributed by atoms with Gasteiger partial charge in [-0.2, -0.15) is 4.99 Å². The lowest BCUT2D eigenvalue weighted by Crippen LogP contribution is -2.23. The Hall–Kier alpha value is -2.25. The number of hydrogen-bond acceptors (Lipinski definition) is 4. The highest BCUT2D eigenvalue weighted by Gasteiger charge is 2.13. The topological polar surface area (TPSA) is 60.7 Å². The summed E-state index contributed by atoms with van der Waals surface area (Å²) in [4.78, 5) is 29.2. The average molecular weight is 419 g/mol. The maximum Gasteiger partial charge on any atom is 0.326 e. The zero-order valence-electron chi connectivity index (χ0n) is 13.4. The molecule has 0 aliphatic heterocycles. The number of carbonyl (C=O) groups excluding carboxylic acids is 2. The number of halogens is 1. The van der Waals surface area contributed by atoms with Crippen molar-refractivity contribution < 1.29 is 14.3 Å². The highest BCUT2D eigenvalue weighted by atomic mass is 79.9. The maximum absolute atomic E-state index is 12.6. The highest BCUT2D eigenvalue weighted by Crippen LogP contribution is 2.19. The molecule has 5 nitrogen and oxygen atoms in total. The first-order valence-electron chi connectivity index (χ1n) is 7.67. The van der Waals surface area contributed by atoms with Gasteiger partial charge >= 0.3 is 5.97 Å². The lowest BCUT2D eigenvalue weighted by molar-refractivity contribution is -0.143. The predicted octanol–water partition coefficient (Wildman–Crippen LogP) is 3.77. The summed E-state index contributed by atoms with van der Waals surface area (Å²) < 4.78 is 8.39. The van der Waals surface area contributed by atoms with E-state index >= 15 is 0 Å². The normalized spacial score (nSPS) is 11.7. The van der Waals surface area contributed by atoms with Crippen LogP contribution in [0.15, 0.2) is 58.0 Å². The van der Waals surface area contributed by atoms with E-state index in [1.807, 2.05) is 30.3 Å². The molecule has 0 bridgehead atoms. The Morgan fingerprint density at radius 1 is 1.16 bits per heavy atom. The van der Waals surface area contributed by atoms with E-state index in [9.17, 15) is 9.59 Å². The molecule has 0 saturated carbocycles. The van der Waals surface area contributed by atoms with Crippen LogP contribution < -0.4 is 4.80 Å². The van der Waals surface area contributed by atoms with Crippen LogP contribution in [0.2, 0.25) is 0 Å². The van der Waals surface area contributed by atoms with Gasteiger partial charge in [0, 0.05) is 4.47 Å². The molecule has 0 aliphatic carbocycles. The molecule has 7 heteroatoms. The summed E-state index contributed by atoms with van der Waals surface area (Å²) in [5.41, 5.74) is 1.32. The molecule has 3 aromatic rings. The number of carbonyl (C=O) groups is 2. The smallest absolute Gasteiger partial charge is 0.326 e.